The first kappa shape index (κ1) is 16.8. The van der Waals surface area contributed by atoms with Crippen LogP contribution < -0.4 is 15.2 Å². The fourth-order valence-corrected chi connectivity index (χ4v) is 4.39. The molecule has 5 nitrogen and oxygen atoms in total. The average molecular weight is 346 g/mol. The largest absolute Gasteiger partial charge is 0.494 e. The molecule has 1 atom stereocenters. The first-order chi connectivity index (χ1) is 11.5. The molecule has 0 saturated carbocycles. The molecule has 3 N–H and O–H groups in total. The molecule has 0 saturated heterocycles. The zero-order chi connectivity index (χ0) is 17.2. The van der Waals surface area contributed by atoms with Gasteiger partial charge in [-0.1, -0.05) is 12.1 Å². The van der Waals surface area contributed by atoms with Gasteiger partial charge in [-0.15, -0.1) is 0 Å². The summed E-state index contributed by atoms with van der Waals surface area (Å²) in [6.07, 6.45) is 2.64. The Morgan fingerprint density at radius 3 is 2.88 bits per heavy atom. The lowest BCUT2D eigenvalue weighted by Gasteiger charge is -2.26. The Labute approximate surface area is 142 Å². The number of hydrogen-bond donors (Lipinski definition) is 2. The Hall–Kier alpha value is -2.05. The van der Waals surface area contributed by atoms with Gasteiger partial charge in [-0.25, -0.2) is 13.1 Å². The smallest absolute Gasteiger partial charge is 0.241 e. The predicted octanol–water partition coefficient (Wildman–Crippen LogP) is 3.02. The van der Waals surface area contributed by atoms with Crippen LogP contribution in [0.5, 0.6) is 5.75 Å². The fraction of sp³-hybridized carbons (Fsp3) is 0.333. The number of ether oxygens (including phenoxy) is 1. The van der Waals surface area contributed by atoms with Crippen molar-refractivity contribution in [1.82, 2.24) is 4.72 Å². The molecule has 0 heterocycles. The molecule has 0 aliphatic heterocycles. The maximum atomic E-state index is 12.7. The van der Waals surface area contributed by atoms with Crippen molar-refractivity contribution in [3.8, 4) is 5.75 Å². The van der Waals surface area contributed by atoms with Gasteiger partial charge in [-0.3, -0.25) is 0 Å². The molecule has 0 fully saturated rings. The van der Waals surface area contributed by atoms with Crippen molar-refractivity contribution in [3.63, 3.8) is 0 Å². The molecule has 0 aromatic heterocycles. The molecule has 1 unspecified atom stereocenters. The lowest BCUT2D eigenvalue weighted by molar-refractivity contribution is 0.339. The second kappa shape index (κ2) is 6.83. The van der Waals surface area contributed by atoms with E-state index < -0.39 is 10.0 Å². The lowest BCUT2D eigenvalue weighted by Crippen LogP contribution is -2.31. The van der Waals surface area contributed by atoms with Crippen molar-refractivity contribution >= 4 is 15.7 Å². The van der Waals surface area contributed by atoms with Crippen LogP contribution in [0.3, 0.4) is 0 Å². The molecule has 2 aromatic carbocycles. The highest BCUT2D eigenvalue weighted by molar-refractivity contribution is 7.89. The molecule has 6 heteroatoms. The quantitative estimate of drug-likeness (QED) is 0.816. The Morgan fingerprint density at radius 1 is 1.25 bits per heavy atom. The molecule has 1 aliphatic rings. The minimum absolute atomic E-state index is 0.219. The van der Waals surface area contributed by atoms with E-state index in [1.54, 1.807) is 24.3 Å². The van der Waals surface area contributed by atoms with Gasteiger partial charge in [-0.05, 0) is 61.6 Å². The minimum Gasteiger partial charge on any atom is -0.494 e. The first-order valence-corrected chi connectivity index (χ1v) is 9.61. The first-order valence-electron chi connectivity index (χ1n) is 8.13. The summed E-state index contributed by atoms with van der Waals surface area (Å²) in [5.74, 6) is 0.553. The molecule has 128 valence electrons. The van der Waals surface area contributed by atoms with Crippen LogP contribution in [0.25, 0.3) is 0 Å². The monoisotopic (exact) mass is 346 g/mol. The van der Waals surface area contributed by atoms with Crippen molar-refractivity contribution in [3.05, 3.63) is 53.6 Å². The second-order valence-electron chi connectivity index (χ2n) is 5.93. The topological polar surface area (TPSA) is 81.4 Å². The molecule has 2 aromatic rings. The molecular formula is C18H22N2O3S. The van der Waals surface area contributed by atoms with Crippen LogP contribution in [-0.4, -0.2) is 15.0 Å². The third-order valence-electron chi connectivity index (χ3n) is 4.21. The molecule has 1 aliphatic carbocycles. The standard InChI is InChI=1S/C18H22N2O3S/c1-2-23-15-6-4-7-16(12-15)24(21,22)20-18-8-3-5-13-11-14(19)9-10-17(13)18/h4,6-7,9-12,18,20H,2-3,5,8,19H2,1H3. The van der Waals surface area contributed by atoms with Gasteiger partial charge in [0.1, 0.15) is 5.75 Å². The van der Waals surface area contributed by atoms with Gasteiger partial charge < -0.3 is 10.5 Å². The number of hydrogen-bond acceptors (Lipinski definition) is 4. The minimum atomic E-state index is -3.61. The Morgan fingerprint density at radius 2 is 2.08 bits per heavy atom. The maximum absolute atomic E-state index is 12.7. The van der Waals surface area contributed by atoms with E-state index in [1.165, 1.54) is 0 Å². The SMILES string of the molecule is CCOc1cccc(S(=O)(=O)NC2CCCc3cc(N)ccc32)c1. The molecule has 3 rings (SSSR count). The number of benzene rings is 2. The molecular weight excluding hydrogens is 324 g/mol. The van der Waals surface area contributed by atoms with E-state index in [0.717, 1.165) is 30.4 Å². The summed E-state index contributed by atoms with van der Waals surface area (Å²) in [6, 6.07) is 12.0. The van der Waals surface area contributed by atoms with Crippen molar-refractivity contribution < 1.29 is 13.2 Å². The van der Waals surface area contributed by atoms with Crippen molar-refractivity contribution in [2.24, 2.45) is 0 Å². The van der Waals surface area contributed by atoms with Crippen LogP contribution in [0.1, 0.15) is 36.9 Å². The summed E-state index contributed by atoms with van der Waals surface area (Å²) in [6.45, 7) is 2.36. The van der Waals surface area contributed by atoms with Crippen molar-refractivity contribution in [2.75, 3.05) is 12.3 Å². The normalized spacial score (nSPS) is 17.3. The van der Waals surface area contributed by atoms with Crippen molar-refractivity contribution in [2.45, 2.75) is 37.1 Å². The molecule has 0 bridgehead atoms. The van der Waals surface area contributed by atoms with E-state index in [4.69, 9.17) is 10.5 Å². The van der Waals surface area contributed by atoms with E-state index >= 15 is 0 Å². The average Bonchev–Trinajstić information content (AvgIpc) is 2.55. The Kier molecular flexibility index (Phi) is 4.78. The number of nitrogens with two attached hydrogens (primary N) is 1. The number of sulfonamides is 1. The van der Waals surface area contributed by atoms with Crippen LogP contribution in [0.2, 0.25) is 0 Å². The highest BCUT2D eigenvalue weighted by Gasteiger charge is 2.26. The molecule has 0 spiro atoms. The van der Waals surface area contributed by atoms with E-state index in [0.29, 0.717) is 18.0 Å². The number of nitrogen functional groups attached to an aromatic ring is 1. The van der Waals surface area contributed by atoms with E-state index in [2.05, 4.69) is 4.72 Å². The zero-order valence-electron chi connectivity index (χ0n) is 13.7. The maximum Gasteiger partial charge on any atom is 0.241 e. The molecule has 24 heavy (non-hydrogen) atoms. The molecule has 0 amide bonds. The number of anilines is 1. The summed E-state index contributed by atoms with van der Waals surface area (Å²) in [4.78, 5) is 0.219. The van der Waals surface area contributed by atoms with E-state index in [1.807, 2.05) is 25.1 Å². The number of fused-ring (bicyclic) bond motifs is 1. The Balaban J connectivity index is 1.87. The Bertz CT molecular complexity index is 834. The van der Waals surface area contributed by atoms with Crippen LogP contribution in [0, 0.1) is 0 Å². The third-order valence-corrected chi connectivity index (χ3v) is 5.67. The van der Waals surface area contributed by atoms with Gasteiger partial charge in [0, 0.05) is 17.8 Å². The number of aryl methyl sites for hydroxylation is 1. The van der Waals surface area contributed by atoms with Crippen LogP contribution in [0.15, 0.2) is 47.4 Å². The van der Waals surface area contributed by atoms with Gasteiger partial charge in [0.15, 0.2) is 0 Å². The van der Waals surface area contributed by atoms with E-state index in [-0.39, 0.29) is 10.9 Å². The van der Waals surface area contributed by atoms with Gasteiger partial charge >= 0.3 is 0 Å². The van der Waals surface area contributed by atoms with Crippen LogP contribution in [-0.2, 0) is 16.4 Å². The van der Waals surface area contributed by atoms with Crippen molar-refractivity contribution in [1.29, 1.82) is 0 Å². The molecule has 0 radical (unpaired) electrons. The summed E-state index contributed by atoms with van der Waals surface area (Å²) >= 11 is 0. The highest BCUT2D eigenvalue weighted by atomic mass is 32.2. The predicted molar refractivity (Wildman–Crippen MR) is 94.5 cm³/mol. The van der Waals surface area contributed by atoms with Crippen LogP contribution in [0.4, 0.5) is 5.69 Å². The summed E-state index contributed by atoms with van der Waals surface area (Å²) in [5, 5.41) is 0. The second-order valence-corrected chi connectivity index (χ2v) is 7.65. The number of rotatable bonds is 5. The van der Waals surface area contributed by atoms with Gasteiger partial charge in [0.2, 0.25) is 10.0 Å². The summed E-state index contributed by atoms with van der Waals surface area (Å²) < 4.78 is 33.7. The number of nitrogens with one attached hydrogen (secondary N) is 1. The van der Waals surface area contributed by atoms with E-state index in [9.17, 15) is 8.42 Å². The third kappa shape index (κ3) is 3.55. The van der Waals surface area contributed by atoms with Gasteiger partial charge in [0.25, 0.3) is 0 Å². The van der Waals surface area contributed by atoms with Crippen LogP contribution >= 0.6 is 0 Å². The summed E-state index contributed by atoms with van der Waals surface area (Å²) in [7, 11) is -3.61. The zero-order valence-corrected chi connectivity index (χ0v) is 14.5. The summed E-state index contributed by atoms with van der Waals surface area (Å²) in [5.41, 5.74) is 8.68. The van der Waals surface area contributed by atoms with Gasteiger partial charge in [0.05, 0.1) is 11.5 Å². The lowest BCUT2D eigenvalue weighted by atomic mass is 9.88. The van der Waals surface area contributed by atoms with Gasteiger partial charge in [-0.2, -0.15) is 0 Å². The highest BCUT2D eigenvalue weighted by Crippen LogP contribution is 2.32. The fourth-order valence-electron chi connectivity index (χ4n) is 3.11.